The predicted octanol–water partition coefficient (Wildman–Crippen LogP) is 6.00. The van der Waals surface area contributed by atoms with E-state index in [-0.39, 0.29) is 0 Å². The summed E-state index contributed by atoms with van der Waals surface area (Å²) in [6, 6.07) is 3.71. The number of rotatable bonds is 4. The molecule has 1 aliphatic heterocycles. The Morgan fingerprint density at radius 3 is 2.62 bits per heavy atom. The third kappa shape index (κ3) is 4.02. The maximum absolute atomic E-state index is 6.37. The second-order valence-electron chi connectivity index (χ2n) is 5.88. The van der Waals surface area contributed by atoms with Crippen LogP contribution in [0.4, 0.5) is 5.69 Å². The number of aliphatic imine (C=N–C) groups is 1. The van der Waals surface area contributed by atoms with E-state index in [0.717, 1.165) is 30.0 Å². The van der Waals surface area contributed by atoms with Gasteiger partial charge < -0.3 is 9.64 Å². The highest BCUT2D eigenvalue weighted by Crippen LogP contribution is 2.39. The number of hydrogen-bond donors (Lipinski definition) is 0. The summed E-state index contributed by atoms with van der Waals surface area (Å²) >= 11 is 13.8. The van der Waals surface area contributed by atoms with E-state index in [1.807, 2.05) is 26.3 Å². The Morgan fingerprint density at radius 2 is 1.96 bits per heavy atom. The fraction of sp³-hybridized carbons (Fsp3) is 0.412. The van der Waals surface area contributed by atoms with Crippen molar-refractivity contribution in [1.29, 1.82) is 0 Å². The minimum Gasteiger partial charge on any atom is -0.443 e. The van der Waals surface area contributed by atoms with Crippen LogP contribution in [0.15, 0.2) is 17.1 Å². The van der Waals surface area contributed by atoms with Crippen molar-refractivity contribution in [1.82, 2.24) is 9.27 Å². The van der Waals surface area contributed by atoms with Crippen molar-refractivity contribution in [3.8, 4) is 10.8 Å². The van der Waals surface area contributed by atoms with E-state index in [9.17, 15) is 0 Å². The summed E-state index contributed by atoms with van der Waals surface area (Å²) in [4.78, 5) is 6.77. The van der Waals surface area contributed by atoms with Crippen LogP contribution in [-0.4, -0.2) is 28.7 Å². The monoisotopic (exact) mass is 383 g/mol. The maximum atomic E-state index is 6.37. The van der Waals surface area contributed by atoms with Gasteiger partial charge in [0.25, 0.3) is 0 Å². The Kier molecular flexibility index (Phi) is 5.64. The first-order valence-corrected chi connectivity index (χ1v) is 9.45. The Balaban J connectivity index is 1.78. The first-order valence-electron chi connectivity index (χ1n) is 7.92. The highest BCUT2D eigenvalue weighted by Gasteiger charge is 2.14. The van der Waals surface area contributed by atoms with Crippen LogP contribution >= 0.6 is 34.7 Å². The molecule has 2 aromatic rings. The smallest absolute Gasteiger partial charge is 0.218 e. The van der Waals surface area contributed by atoms with E-state index < -0.39 is 0 Å². The lowest BCUT2D eigenvalue weighted by molar-refractivity contribution is 0.351. The number of hydrogen-bond acceptors (Lipinski definition) is 4. The molecule has 1 aliphatic rings. The molecule has 0 aliphatic carbocycles. The molecule has 4 nitrogen and oxygen atoms in total. The van der Waals surface area contributed by atoms with Gasteiger partial charge in [-0.1, -0.05) is 23.2 Å². The van der Waals surface area contributed by atoms with Gasteiger partial charge in [-0.3, -0.25) is 0 Å². The minimum atomic E-state index is 0.544. The van der Waals surface area contributed by atoms with Crippen molar-refractivity contribution in [2.75, 3.05) is 13.1 Å². The zero-order valence-corrected chi connectivity index (χ0v) is 16.0. The Bertz CT molecular complexity index is 755. The van der Waals surface area contributed by atoms with E-state index in [2.05, 4.69) is 14.3 Å². The van der Waals surface area contributed by atoms with Crippen LogP contribution in [0.25, 0.3) is 0 Å². The first-order chi connectivity index (χ1) is 11.5. The van der Waals surface area contributed by atoms with Gasteiger partial charge in [0.1, 0.15) is 10.8 Å². The van der Waals surface area contributed by atoms with Crippen molar-refractivity contribution in [3.05, 3.63) is 33.4 Å². The van der Waals surface area contributed by atoms with Crippen LogP contribution < -0.4 is 4.74 Å². The second kappa shape index (κ2) is 7.72. The Hall–Kier alpha value is -1.30. The topological polar surface area (TPSA) is 37.7 Å². The summed E-state index contributed by atoms with van der Waals surface area (Å²) in [7, 11) is 0. The van der Waals surface area contributed by atoms with E-state index >= 15 is 0 Å². The Morgan fingerprint density at radius 1 is 1.21 bits per heavy atom. The number of aromatic nitrogens is 1. The summed E-state index contributed by atoms with van der Waals surface area (Å²) in [6.45, 7) is 5.94. The molecule has 1 saturated heterocycles. The molecular formula is C17H19Cl2N3OS. The quantitative estimate of drug-likeness (QED) is 0.479. The van der Waals surface area contributed by atoms with Gasteiger partial charge in [0.2, 0.25) is 5.06 Å². The van der Waals surface area contributed by atoms with E-state index in [4.69, 9.17) is 27.9 Å². The van der Waals surface area contributed by atoms with E-state index in [0.29, 0.717) is 20.9 Å². The fourth-order valence-corrected chi connectivity index (χ4v) is 3.64. The van der Waals surface area contributed by atoms with Crippen molar-refractivity contribution >= 4 is 46.8 Å². The zero-order valence-electron chi connectivity index (χ0n) is 13.7. The van der Waals surface area contributed by atoms with Gasteiger partial charge in [-0.25, -0.2) is 4.99 Å². The summed E-state index contributed by atoms with van der Waals surface area (Å²) in [6.07, 6.45) is 5.64. The number of benzene rings is 1. The molecule has 0 saturated carbocycles. The predicted molar refractivity (Wildman–Crippen MR) is 102 cm³/mol. The van der Waals surface area contributed by atoms with Gasteiger partial charge in [0.05, 0.1) is 22.7 Å². The molecule has 0 atom stereocenters. The number of halogens is 2. The number of likely N-dealkylation sites (tertiary alicyclic amines) is 1. The van der Waals surface area contributed by atoms with Crippen LogP contribution in [0.1, 0.15) is 30.5 Å². The van der Waals surface area contributed by atoms with Crippen molar-refractivity contribution in [3.63, 3.8) is 0 Å². The summed E-state index contributed by atoms with van der Waals surface area (Å²) in [5.41, 5.74) is 2.47. The molecule has 3 rings (SSSR count). The second-order valence-corrected chi connectivity index (χ2v) is 7.40. The SMILES string of the molecule is Cc1cc(/N=C/N2CCCCC2)c(Cl)cc1Oc1snc(C)c1Cl. The van der Waals surface area contributed by atoms with Crippen molar-refractivity contribution in [2.24, 2.45) is 4.99 Å². The molecule has 0 unspecified atom stereocenters. The molecule has 2 heterocycles. The number of ether oxygens (including phenoxy) is 1. The van der Waals surface area contributed by atoms with Gasteiger partial charge >= 0.3 is 0 Å². The molecule has 1 aromatic heterocycles. The third-order valence-corrected chi connectivity index (χ3v) is 5.64. The van der Waals surface area contributed by atoms with Crippen molar-refractivity contribution < 1.29 is 4.74 Å². The van der Waals surface area contributed by atoms with E-state index in [1.54, 1.807) is 6.07 Å². The first kappa shape index (κ1) is 17.5. The average Bonchev–Trinajstić information content (AvgIpc) is 2.89. The number of aryl methyl sites for hydroxylation is 2. The van der Waals surface area contributed by atoms with Crippen LogP contribution in [-0.2, 0) is 0 Å². The molecule has 0 N–H and O–H groups in total. The van der Waals surface area contributed by atoms with Crippen LogP contribution in [0.2, 0.25) is 10.0 Å². The molecule has 0 spiro atoms. The van der Waals surface area contributed by atoms with Gasteiger partial charge in [-0.05, 0) is 44.7 Å². The summed E-state index contributed by atoms with van der Waals surface area (Å²) < 4.78 is 10.1. The lowest BCUT2D eigenvalue weighted by Gasteiger charge is -2.23. The fourth-order valence-electron chi connectivity index (χ4n) is 2.54. The molecule has 0 bridgehead atoms. The van der Waals surface area contributed by atoms with Crippen LogP contribution in [0.3, 0.4) is 0 Å². The highest BCUT2D eigenvalue weighted by atomic mass is 35.5. The van der Waals surface area contributed by atoms with Crippen LogP contribution in [0.5, 0.6) is 10.8 Å². The van der Waals surface area contributed by atoms with Gasteiger partial charge in [-0.15, -0.1) is 0 Å². The largest absolute Gasteiger partial charge is 0.443 e. The van der Waals surface area contributed by atoms with Crippen LogP contribution in [0, 0.1) is 13.8 Å². The molecule has 1 aromatic carbocycles. The van der Waals surface area contributed by atoms with Crippen molar-refractivity contribution in [2.45, 2.75) is 33.1 Å². The molecule has 24 heavy (non-hydrogen) atoms. The lowest BCUT2D eigenvalue weighted by Crippen LogP contribution is -2.27. The maximum Gasteiger partial charge on any atom is 0.218 e. The molecule has 0 amide bonds. The normalized spacial score (nSPS) is 15.2. The molecule has 7 heteroatoms. The Labute approximate surface area is 156 Å². The average molecular weight is 384 g/mol. The molecule has 0 radical (unpaired) electrons. The van der Waals surface area contributed by atoms with E-state index in [1.165, 1.54) is 30.8 Å². The highest BCUT2D eigenvalue weighted by molar-refractivity contribution is 7.08. The number of piperidine rings is 1. The standard InChI is InChI=1S/C17H19Cl2N3OS/c1-11-8-14(20-10-22-6-4-3-5-7-22)13(18)9-15(11)23-17-16(19)12(2)21-24-17/h8-10H,3-7H2,1-2H3/b20-10+. The van der Waals surface area contributed by atoms with Gasteiger partial charge in [0.15, 0.2) is 0 Å². The molecule has 1 fully saturated rings. The lowest BCUT2D eigenvalue weighted by atomic mass is 10.1. The molecule has 128 valence electrons. The van der Waals surface area contributed by atoms with Gasteiger partial charge in [-0.2, -0.15) is 4.37 Å². The number of nitrogens with zero attached hydrogens (tertiary/aromatic N) is 3. The third-order valence-electron chi connectivity index (χ3n) is 3.96. The molecular weight excluding hydrogens is 365 g/mol. The summed E-state index contributed by atoms with van der Waals surface area (Å²) in [5.74, 6) is 0.669. The summed E-state index contributed by atoms with van der Waals surface area (Å²) in [5, 5.41) is 1.68. The minimum absolute atomic E-state index is 0.544. The zero-order chi connectivity index (χ0) is 17.1. The van der Waals surface area contributed by atoms with Gasteiger partial charge in [0, 0.05) is 30.7 Å².